The lowest BCUT2D eigenvalue weighted by Crippen LogP contribution is -2.40. The summed E-state index contributed by atoms with van der Waals surface area (Å²) in [5.41, 5.74) is 3.18. The van der Waals surface area contributed by atoms with Crippen molar-refractivity contribution in [2.75, 3.05) is 19.0 Å². The number of nitrogens with two attached hydrogens (primary N) is 1. The van der Waals surface area contributed by atoms with Crippen molar-refractivity contribution in [1.29, 1.82) is 0 Å². The molecule has 7 heteroatoms. The summed E-state index contributed by atoms with van der Waals surface area (Å²) >= 11 is 0. The van der Waals surface area contributed by atoms with E-state index in [0.717, 1.165) is 12.8 Å². The molecule has 0 unspecified atom stereocenters. The van der Waals surface area contributed by atoms with Crippen LogP contribution < -0.4 is 11.3 Å². The van der Waals surface area contributed by atoms with E-state index in [0.29, 0.717) is 29.7 Å². The van der Waals surface area contributed by atoms with Crippen LogP contribution in [0.2, 0.25) is 0 Å². The maximum Gasteiger partial charge on any atom is 0.274 e. The summed E-state index contributed by atoms with van der Waals surface area (Å²) in [6.07, 6.45) is 2.82. The molecule has 21 heavy (non-hydrogen) atoms. The zero-order valence-electron chi connectivity index (χ0n) is 12.7. The van der Waals surface area contributed by atoms with Crippen molar-refractivity contribution in [3.05, 3.63) is 17.7 Å². The standard InChI is InChI=1S/C14H23N5O2/c1-8(2)13-16-6-11(18-15)12(17-13)14(21)19(3)7-9-4-10(20)5-9/h6,8-10,18,20H,4-5,7,15H2,1-3H3. The minimum atomic E-state index is -0.216. The largest absolute Gasteiger partial charge is 0.393 e. The number of anilines is 1. The molecule has 116 valence electrons. The number of nitrogens with zero attached hydrogens (tertiary/aromatic N) is 3. The Kier molecular flexibility index (Phi) is 4.74. The van der Waals surface area contributed by atoms with Gasteiger partial charge in [0.2, 0.25) is 0 Å². The maximum absolute atomic E-state index is 12.5. The molecule has 0 bridgehead atoms. The van der Waals surface area contributed by atoms with Crippen LogP contribution in [0, 0.1) is 5.92 Å². The van der Waals surface area contributed by atoms with E-state index in [4.69, 9.17) is 5.84 Å². The fourth-order valence-electron chi connectivity index (χ4n) is 2.44. The number of hydrogen-bond donors (Lipinski definition) is 3. The van der Waals surface area contributed by atoms with E-state index in [1.807, 2.05) is 13.8 Å². The van der Waals surface area contributed by atoms with Crippen molar-refractivity contribution in [3.63, 3.8) is 0 Å². The van der Waals surface area contributed by atoms with Gasteiger partial charge in [-0.3, -0.25) is 10.6 Å². The van der Waals surface area contributed by atoms with Crippen LogP contribution in [0.5, 0.6) is 0 Å². The first-order valence-electron chi connectivity index (χ1n) is 7.19. The second kappa shape index (κ2) is 6.36. The number of hydrogen-bond acceptors (Lipinski definition) is 6. The van der Waals surface area contributed by atoms with E-state index in [2.05, 4.69) is 15.4 Å². The number of carbonyl (C=O) groups is 1. The molecule has 0 radical (unpaired) electrons. The van der Waals surface area contributed by atoms with E-state index in [1.54, 1.807) is 11.9 Å². The molecule has 1 aromatic rings. The summed E-state index contributed by atoms with van der Waals surface area (Å²) in [6, 6.07) is 0. The highest BCUT2D eigenvalue weighted by Crippen LogP contribution is 2.28. The molecule has 7 nitrogen and oxygen atoms in total. The fraction of sp³-hybridized carbons (Fsp3) is 0.643. The third-order valence-corrected chi connectivity index (χ3v) is 3.77. The van der Waals surface area contributed by atoms with E-state index < -0.39 is 0 Å². The first kappa shape index (κ1) is 15.7. The van der Waals surface area contributed by atoms with Gasteiger partial charge in [-0.25, -0.2) is 9.97 Å². The summed E-state index contributed by atoms with van der Waals surface area (Å²) in [6.45, 7) is 4.55. The Morgan fingerprint density at radius 2 is 2.24 bits per heavy atom. The Bertz CT molecular complexity index is 514. The quantitative estimate of drug-likeness (QED) is 0.546. The fourth-order valence-corrected chi connectivity index (χ4v) is 2.44. The number of nitrogens with one attached hydrogen (secondary N) is 1. The van der Waals surface area contributed by atoms with Crippen LogP contribution in [0.3, 0.4) is 0 Å². The van der Waals surface area contributed by atoms with Crippen LogP contribution in [0.15, 0.2) is 6.20 Å². The van der Waals surface area contributed by atoms with Gasteiger partial charge >= 0.3 is 0 Å². The van der Waals surface area contributed by atoms with Crippen molar-refractivity contribution >= 4 is 11.6 Å². The van der Waals surface area contributed by atoms with Crippen molar-refractivity contribution in [2.45, 2.75) is 38.7 Å². The number of aliphatic hydroxyl groups excluding tert-OH is 1. The van der Waals surface area contributed by atoms with Crippen LogP contribution in [-0.4, -0.2) is 45.6 Å². The van der Waals surface area contributed by atoms with Crippen LogP contribution in [0.1, 0.15) is 48.9 Å². The molecule has 0 spiro atoms. The number of amides is 1. The zero-order valence-corrected chi connectivity index (χ0v) is 12.7. The summed E-state index contributed by atoms with van der Waals surface area (Å²) < 4.78 is 0. The van der Waals surface area contributed by atoms with E-state index in [1.165, 1.54) is 6.20 Å². The second-order valence-electron chi connectivity index (χ2n) is 5.97. The zero-order chi connectivity index (χ0) is 15.6. The molecule has 2 rings (SSSR count). The SMILES string of the molecule is CC(C)c1ncc(NN)c(C(=O)N(C)CC2CC(O)C2)n1. The smallest absolute Gasteiger partial charge is 0.274 e. The number of hydrazine groups is 1. The highest BCUT2D eigenvalue weighted by atomic mass is 16.3. The minimum Gasteiger partial charge on any atom is -0.393 e. The normalized spacial score (nSPS) is 21.0. The van der Waals surface area contributed by atoms with Gasteiger partial charge in [0.05, 0.1) is 18.0 Å². The van der Waals surface area contributed by atoms with Crippen molar-refractivity contribution in [3.8, 4) is 0 Å². The molecule has 0 aliphatic heterocycles. The summed E-state index contributed by atoms with van der Waals surface area (Å²) in [7, 11) is 1.74. The van der Waals surface area contributed by atoms with Crippen LogP contribution in [0.4, 0.5) is 5.69 Å². The van der Waals surface area contributed by atoms with E-state index in [-0.39, 0.29) is 17.9 Å². The molecule has 1 aromatic heterocycles. The molecular formula is C14H23N5O2. The first-order chi connectivity index (χ1) is 9.92. The Labute approximate surface area is 124 Å². The molecular weight excluding hydrogens is 270 g/mol. The van der Waals surface area contributed by atoms with Crippen molar-refractivity contribution in [2.24, 2.45) is 11.8 Å². The van der Waals surface area contributed by atoms with Gasteiger partial charge in [-0.2, -0.15) is 0 Å². The molecule has 0 aromatic carbocycles. The monoisotopic (exact) mass is 293 g/mol. The Hall–Kier alpha value is -1.73. The Morgan fingerprint density at radius 1 is 1.57 bits per heavy atom. The van der Waals surface area contributed by atoms with Gasteiger partial charge in [0, 0.05) is 19.5 Å². The summed E-state index contributed by atoms with van der Waals surface area (Å²) in [4.78, 5) is 22.7. The molecule has 1 fully saturated rings. The average molecular weight is 293 g/mol. The number of nitrogen functional groups attached to an aromatic ring is 1. The number of carbonyl (C=O) groups excluding carboxylic acids is 1. The second-order valence-corrected chi connectivity index (χ2v) is 5.97. The predicted octanol–water partition coefficient (Wildman–Crippen LogP) is 0.728. The lowest BCUT2D eigenvalue weighted by atomic mass is 9.82. The molecule has 1 aliphatic carbocycles. The average Bonchev–Trinajstić information content (AvgIpc) is 2.43. The molecule has 1 saturated carbocycles. The molecule has 4 N–H and O–H groups in total. The lowest BCUT2D eigenvalue weighted by molar-refractivity contribution is 0.0264. The first-order valence-corrected chi connectivity index (χ1v) is 7.19. The molecule has 1 amide bonds. The lowest BCUT2D eigenvalue weighted by Gasteiger charge is -2.34. The van der Waals surface area contributed by atoms with Crippen LogP contribution in [0.25, 0.3) is 0 Å². The Balaban J connectivity index is 2.14. The van der Waals surface area contributed by atoms with Gasteiger partial charge < -0.3 is 15.4 Å². The molecule has 1 heterocycles. The van der Waals surface area contributed by atoms with E-state index in [9.17, 15) is 9.90 Å². The van der Waals surface area contributed by atoms with Gasteiger partial charge in [0.15, 0.2) is 5.69 Å². The Morgan fingerprint density at radius 3 is 2.76 bits per heavy atom. The summed E-state index contributed by atoms with van der Waals surface area (Å²) in [5.74, 6) is 6.36. The van der Waals surface area contributed by atoms with Gasteiger partial charge in [-0.05, 0) is 18.8 Å². The van der Waals surface area contributed by atoms with Crippen molar-refractivity contribution in [1.82, 2.24) is 14.9 Å². The topological polar surface area (TPSA) is 104 Å². The van der Waals surface area contributed by atoms with Crippen LogP contribution in [-0.2, 0) is 0 Å². The van der Waals surface area contributed by atoms with Crippen LogP contribution >= 0.6 is 0 Å². The molecule has 1 aliphatic rings. The van der Waals surface area contributed by atoms with Gasteiger partial charge in [0.25, 0.3) is 5.91 Å². The van der Waals surface area contributed by atoms with Gasteiger partial charge in [0.1, 0.15) is 5.82 Å². The van der Waals surface area contributed by atoms with Crippen molar-refractivity contribution < 1.29 is 9.90 Å². The number of rotatable bonds is 5. The third-order valence-electron chi connectivity index (χ3n) is 3.77. The third kappa shape index (κ3) is 3.48. The van der Waals surface area contributed by atoms with Gasteiger partial charge in [-0.1, -0.05) is 13.8 Å². The molecule has 0 saturated heterocycles. The number of aliphatic hydroxyl groups is 1. The van der Waals surface area contributed by atoms with Gasteiger partial charge in [-0.15, -0.1) is 0 Å². The maximum atomic E-state index is 12.5. The molecule has 0 atom stereocenters. The summed E-state index contributed by atoms with van der Waals surface area (Å²) in [5, 5.41) is 9.32. The number of aromatic nitrogens is 2. The highest BCUT2D eigenvalue weighted by molar-refractivity contribution is 5.97. The predicted molar refractivity (Wildman–Crippen MR) is 79.6 cm³/mol. The minimum absolute atomic E-state index is 0.135. The highest BCUT2D eigenvalue weighted by Gasteiger charge is 2.30. The van der Waals surface area contributed by atoms with E-state index >= 15 is 0 Å².